The molecule has 64 valence electrons. The summed E-state index contributed by atoms with van der Waals surface area (Å²) in [5, 5.41) is 0. The molecule has 3 aliphatic rings. The Labute approximate surface area is 70.4 Å². The predicted molar refractivity (Wildman–Crippen MR) is 48.3 cm³/mol. The van der Waals surface area contributed by atoms with E-state index in [2.05, 4.69) is 27.7 Å². The van der Waals surface area contributed by atoms with E-state index in [1.54, 1.807) is 0 Å². The topological polar surface area (TPSA) is 0 Å². The normalized spacial score (nSPS) is 53.5. The first kappa shape index (κ1) is 7.64. The van der Waals surface area contributed by atoms with E-state index >= 15 is 0 Å². The molecule has 0 amide bonds. The summed E-state index contributed by atoms with van der Waals surface area (Å²) in [7, 11) is 0. The quantitative estimate of drug-likeness (QED) is 0.499. The van der Waals surface area contributed by atoms with Crippen molar-refractivity contribution >= 4 is 0 Å². The molecule has 0 nitrogen and oxygen atoms in total. The zero-order valence-electron chi connectivity index (χ0n) is 8.22. The molecule has 0 heterocycles. The third-order valence-corrected chi connectivity index (χ3v) is 4.73. The second kappa shape index (κ2) is 2.02. The van der Waals surface area contributed by atoms with Crippen molar-refractivity contribution in [2.75, 3.05) is 0 Å². The van der Waals surface area contributed by atoms with Gasteiger partial charge in [0.05, 0.1) is 0 Å². The zero-order valence-corrected chi connectivity index (χ0v) is 8.22. The van der Waals surface area contributed by atoms with Gasteiger partial charge >= 0.3 is 0 Å². The average Bonchev–Trinajstić information content (AvgIpc) is 1.93. The molecule has 0 aromatic rings. The van der Waals surface area contributed by atoms with E-state index in [1.807, 2.05) is 0 Å². The SMILES string of the molecule is CC1CC2C[C@H]([C@H]1C)C2(C)C. The van der Waals surface area contributed by atoms with Crippen molar-refractivity contribution in [2.24, 2.45) is 29.1 Å². The zero-order chi connectivity index (χ0) is 8.22. The Morgan fingerprint density at radius 3 is 2.09 bits per heavy atom. The van der Waals surface area contributed by atoms with E-state index in [0.29, 0.717) is 5.41 Å². The molecule has 2 bridgehead atoms. The first-order chi connectivity index (χ1) is 5.03. The van der Waals surface area contributed by atoms with E-state index in [9.17, 15) is 0 Å². The van der Waals surface area contributed by atoms with E-state index in [0.717, 1.165) is 23.7 Å². The van der Waals surface area contributed by atoms with Crippen LogP contribution >= 0.6 is 0 Å². The lowest BCUT2D eigenvalue weighted by Gasteiger charge is -2.61. The highest BCUT2D eigenvalue weighted by molar-refractivity contribution is 5.03. The Balaban J connectivity index is 2.17. The highest BCUT2D eigenvalue weighted by Crippen LogP contribution is 2.62. The predicted octanol–water partition coefficient (Wildman–Crippen LogP) is 3.32. The fourth-order valence-electron chi connectivity index (χ4n) is 3.41. The van der Waals surface area contributed by atoms with E-state index < -0.39 is 0 Å². The van der Waals surface area contributed by atoms with E-state index in [-0.39, 0.29) is 0 Å². The minimum atomic E-state index is 0.686. The lowest BCUT2D eigenvalue weighted by molar-refractivity contribution is -0.124. The minimum Gasteiger partial charge on any atom is -0.0622 e. The summed E-state index contributed by atoms with van der Waals surface area (Å²) in [5.41, 5.74) is 0.686. The first-order valence-electron chi connectivity index (χ1n) is 5.03. The Bertz CT molecular complexity index is 169. The van der Waals surface area contributed by atoms with Crippen LogP contribution in [0.15, 0.2) is 0 Å². The van der Waals surface area contributed by atoms with Crippen molar-refractivity contribution in [2.45, 2.75) is 40.5 Å². The number of hydrogen-bond donors (Lipinski definition) is 0. The molecule has 0 aromatic carbocycles. The highest BCUT2D eigenvalue weighted by Gasteiger charge is 2.54. The van der Waals surface area contributed by atoms with Crippen LogP contribution in [-0.4, -0.2) is 0 Å². The summed E-state index contributed by atoms with van der Waals surface area (Å²) in [6, 6.07) is 0. The fraction of sp³-hybridized carbons (Fsp3) is 1.00. The largest absolute Gasteiger partial charge is 0.0622 e. The van der Waals surface area contributed by atoms with Gasteiger partial charge in [-0.25, -0.2) is 0 Å². The third-order valence-electron chi connectivity index (χ3n) is 4.73. The number of rotatable bonds is 0. The average molecular weight is 152 g/mol. The maximum absolute atomic E-state index is 2.47. The van der Waals surface area contributed by atoms with Crippen molar-refractivity contribution < 1.29 is 0 Å². The van der Waals surface area contributed by atoms with Crippen LogP contribution in [0.3, 0.4) is 0 Å². The van der Waals surface area contributed by atoms with E-state index in [1.165, 1.54) is 12.8 Å². The monoisotopic (exact) mass is 152 g/mol. The van der Waals surface area contributed by atoms with Crippen molar-refractivity contribution in [3.05, 3.63) is 0 Å². The van der Waals surface area contributed by atoms with Crippen LogP contribution in [0.2, 0.25) is 0 Å². The van der Waals surface area contributed by atoms with Crippen molar-refractivity contribution in [1.29, 1.82) is 0 Å². The van der Waals surface area contributed by atoms with Gasteiger partial charge in [0.2, 0.25) is 0 Å². The molecule has 3 fully saturated rings. The van der Waals surface area contributed by atoms with Crippen LogP contribution < -0.4 is 0 Å². The summed E-state index contributed by atoms with van der Waals surface area (Å²) in [5.74, 6) is 4.07. The van der Waals surface area contributed by atoms with Crippen LogP contribution in [0, 0.1) is 29.1 Å². The molecule has 0 N–H and O–H groups in total. The molecule has 0 heteroatoms. The molecule has 0 spiro atoms. The number of hydrogen-bond acceptors (Lipinski definition) is 0. The van der Waals surface area contributed by atoms with Gasteiger partial charge in [-0.05, 0) is 41.9 Å². The summed E-state index contributed by atoms with van der Waals surface area (Å²) in [6.45, 7) is 9.81. The molecule has 11 heavy (non-hydrogen) atoms. The van der Waals surface area contributed by atoms with Gasteiger partial charge in [-0.1, -0.05) is 27.7 Å². The molecule has 0 radical (unpaired) electrons. The minimum absolute atomic E-state index is 0.686. The Hall–Kier alpha value is 0. The Kier molecular flexibility index (Phi) is 1.41. The summed E-state index contributed by atoms with van der Waals surface area (Å²) < 4.78 is 0. The molecule has 4 atom stereocenters. The smallest absolute Gasteiger partial charge is 0.0295 e. The molecule has 3 aliphatic carbocycles. The maximum Gasteiger partial charge on any atom is -0.0295 e. The molecule has 0 saturated heterocycles. The van der Waals surface area contributed by atoms with Crippen molar-refractivity contribution in [1.82, 2.24) is 0 Å². The Morgan fingerprint density at radius 2 is 1.73 bits per heavy atom. The van der Waals surface area contributed by atoms with Gasteiger partial charge in [0.1, 0.15) is 0 Å². The van der Waals surface area contributed by atoms with E-state index in [4.69, 9.17) is 0 Å². The summed E-state index contributed by atoms with van der Waals surface area (Å²) in [6.07, 6.45) is 3.02. The highest BCUT2D eigenvalue weighted by atomic mass is 14.6. The molecular weight excluding hydrogens is 132 g/mol. The van der Waals surface area contributed by atoms with Gasteiger partial charge in [0.15, 0.2) is 0 Å². The lowest BCUT2D eigenvalue weighted by Crippen LogP contribution is -2.54. The van der Waals surface area contributed by atoms with Crippen molar-refractivity contribution in [3.63, 3.8) is 0 Å². The molecule has 2 unspecified atom stereocenters. The van der Waals surface area contributed by atoms with Gasteiger partial charge < -0.3 is 0 Å². The van der Waals surface area contributed by atoms with Crippen molar-refractivity contribution in [3.8, 4) is 0 Å². The van der Waals surface area contributed by atoms with Gasteiger partial charge in [-0.15, -0.1) is 0 Å². The Morgan fingerprint density at radius 1 is 1.09 bits per heavy atom. The summed E-state index contributed by atoms with van der Waals surface area (Å²) >= 11 is 0. The van der Waals surface area contributed by atoms with Crippen LogP contribution in [0.1, 0.15) is 40.5 Å². The molecule has 0 aromatic heterocycles. The first-order valence-corrected chi connectivity index (χ1v) is 5.03. The molecule has 0 aliphatic heterocycles. The second-order valence-electron chi connectivity index (χ2n) is 5.43. The van der Waals surface area contributed by atoms with Crippen LogP contribution in [-0.2, 0) is 0 Å². The standard InChI is InChI=1S/C11H20/c1-7-5-9-6-10(8(7)2)11(9,3)4/h7-10H,5-6H2,1-4H3/t7?,8-,9?,10+/m0/s1. The van der Waals surface area contributed by atoms with Crippen LogP contribution in [0.25, 0.3) is 0 Å². The van der Waals surface area contributed by atoms with Crippen LogP contribution in [0.4, 0.5) is 0 Å². The van der Waals surface area contributed by atoms with Gasteiger partial charge in [-0.2, -0.15) is 0 Å². The maximum atomic E-state index is 2.47. The van der Waals surface area contributed by atoms with Gasteiger partial charge in [0.25, 0.3) is 0 Å². The summed E-state index contributed by atoms with van der Waals surface area (Å²) in [4.78, 5) is 0. The third kappa shape index (κ3) is 0.816. The molecule has 3 saturated carbocycles. The molecular formula is C11H20. The lowest BCUT2D eigenvalue weighted by atomic mass is 9.44. The fourth-order valence-corrected chi connectivity index (χ4v) is 3.41. The van der Waals surface area contributed by atoms with Gasteiger partial charge in [0, 0.05) is 0 Å². The number of fused-ring (bicyclic) bond motifs is 2. The van der Waals surface area contributed by atoms with Crippen LogP contribution in [0.5, 0.6) is 0 Å². The van der Waals surface area contributed by atoms with Gasteiger partial charge in [-0.3, -0.25) is 0 Å². The molecule has 3 rings (SSSR count). The second-order valence-corrected chi connectivity index (χ2v) is 5.43.